The van der Waals surface area contributed by atoms with Crippen molar-refractivity contribution in [3.63, 3.8) is 0 Å². The van der Waals surface area contributed by atoms with Gasteiger partial charge in [0.15, 0.2) is 0 Å². The molecule has 4 heteroatoms. The molecule has 0 saturated heterocycles. The molecule has 24 heavy (non-hydrogen) atoms. The number of hydrogen-bond donors (Lipinski definition) is 1. The molecule has 4 nitrogen and oxygen atoms in total. The van der Waals surface area contributed by atoms with E-state index >= 15 is 0 Å². The molecule has 126 valence electrons. The molecule has 0 unspecified atom stereocenters. The lowest BCUT2D eigenvalue weighted by Gasteiger charge is -2.15. The zero-order valence-electron chi connectivity index (χ0n) is 14.5. The topological polar surface area (TPSA) is 49.4 Å². The number of amides is 2. The van der Waals surface area contributed by atoms with E-state index in [1.165, 1.54) is 10.5 Å². The van der Waals surface area contributed by atoms with Crippen LogP contribution >= 0.6 is 0 Å². The summed E-state index contributed by atoms with van der Waals surface area (Å²) in [5, 5.41) is 2.92. The van der Waals surface area contributed by atoms with Crippen molar-refractivity contribution in [2.45, 2.75) is 26.2 Å². The summed E-state index contributed by atoms with van der Waals surface area (Å²) in [7, 11) is 3.44. The molecule has 1 N–H and O–H groups in total. The Bertz CT molecular complexity index is 709. The molecule has 2 amide bonds. The molecule has 0 heterocycles. The Morgan fingerprint density at radius 3 is 2.38 bits per heavy atom. The number of benzene rings is 2. The fourth-order valence-electron chi connectivity index (χ4n) is 2.55. The lowest BCUT2D eigenvalue weighted by Crippen LogP contribution is -2.23. The molecule has 0 aliphatic heterocycles. The Balaban J connectivity index is 1.94. The number of carbonyl (C=O) groups excluding carboxylic acids is 2. The Morgan fingerprint density at radius 1 is 1.00 bits per heavy atom. The molecule has 0 aliphatic carbocycles. The van der Waals surface area contributed by atoms with E-state index in [0.29, 0.717) is 17.7 Å². The van der Waals surface area contributed by atoms with Crippen LogP contribution in [0.2, 0.25) is 0 Å². The number of nitrogens with one attached hydrogen (secondary N) is 1. The Kier molecular flexibility index (Phi) is 6.13. The fourth-order valence-corrected chi connectivity index (χ4v) is 2.55. The molecule has 0 atom stereocenters. The maximum Gasteiger partial charge on any atom is 0.253 e. The normalized spacial score (nSPS) is 10.3. The Morgan fingerprint density at radius 2 is 1.71 bits per heavy atom. The van der Waals surface area contributed by atoms with Gasteiger partial charge in [-0.05, 0) is 43.0 Å². The summed E-state index contributed by atoms with van der Waals surface area (Å²) in [6, 6.07) is 15.5. The van der Waals surface area contributed by atoms with Crippen LogP contribution in [0.3, 0.4) is 0 Å². The third-order valence-electron chi connectivity index (χ3n) is 3.96. The standard InChI is InChI=1S/C20H24N2O2/c1-15-17(20(24)22(2)3)12-8-13-18(15)21-19(23)14-7-11-16-9-5-4-6-10-16/h4-6,8-10,12-13H,7,11,14H2,1-3H3,(H,21,23). The van der Waals surface area contributed by atoms with Crippen LogP contribution in [-0.4, -0.2) is 30.8 Å². The summed E-state index contributed by atoms with van der Waals surface area (Å²) < 4.78 is 0. The fraction of sp³-hybridized carbons (Fsp3) is 0.300. The van der Waals surface area contributed by atoms with Crippen LogP contribution in [0.1, 0.15) is 34.3 Å². The van der Waals surface area contributed by atoms with Crippen molar-refractivity contribution in [3.05, 3.63) is 65.2 Å². The first-order valence-corrected chi connectivity index (χ1v) is 8.14. The maximum atomic E-state index is 12.2. The van der Waals surface area contributed by atoms with Crippen molar-refractivity contribution in [1.82, 2.24) is 4.90 Å². The van der Waals surface area contributed by atoms with Crippen LogP contribution < -0.4 is 5.32 Å². The van der Waals surface area contributed by atoms with Crippen LogP contribution in [0.25, 0.3) is 0 Å². The summed E-state index contributed by atoms with van der Waals surface area (Å²) in [4.78, 5) is 25.8. The van der Waals surface area contributed by atoms with Crippen molar-refractivity contribution in [3.8, 4) is 0 Å². The molecule has 0 saturated carbocycles. The highest BCUT2D eigenvalue weighted by atomic mass is 16.2. The molecule has 0 aromatic heterocycles. The van der Waals surface area contributed by atoms with E-state index in [9.17, 15) is 9.59 Å². The highest BCUT2D eigenvalue weighted by Gasteiger charge is 2.14. The van der Waals surface area contributed by atoms with Crippen molar-refractivity contribution in [2.24, 2.45) is 0 Å². The smallest absolute Gasteiger partial charge is 0.253 e. The van der Waals surface area contributed by atoms with Crippen molar-refractivity contribution < 1.29 is 9.59 Å². The van der Waals surface area contributed by atoms with E-state index in [2.05, 4.69) is 17.4 Å². The molecule has 0 bridgehead atoms. The number of rotatable bonds is 6. The molecule has 0 spiro atoms. The van der Waals surface area contributed by atoms with Gasteiger partial charge in [0.2, 0.25) is 5.91 Å². The van der Waals surface area contributed by atoms with Gasteiger partial charge in [0, 0.05) is 31.8 Å². The first-order chi connectivity index (χ1) is 11.5. The van der Waals surface area contributed by atoms with Crippen molar-refractivity contribution in [2.75, 3.05) is 19.4 Å². The predicted molar refractivity (Wildman–Crippen MR) is 97.2 cm³/mol. The third-order valence-corrected chi connectivity index (χ3v) is 3.96. The van der Waals surface area contributed by atoms with E-state index < -0.39 is 0 Å². The van der Waals surface area contributed by atoms with Crippen LogP contribution in [-0.2, 0) is 11.2 Å². The average Bonchev–Trinajstić information content (AvgIpc) is 2.57. The van der Waals surface area contributed by atoms with E-state index in [1.54, 1.807) is 26.2 Å². The highest BCUT2D eigenvalue weighted by molar-refractivity contribution is 5.99. The minimum absolute atomic E-state index is 0.0246. The molecule has 0 aliphatic rings. The second-order valence-electron chi connectivity index (χ2n) is 6.07. The van der Waals surface area contributed by atoms with Crippen molar-refractivity contribution >= 4 is 17.5 Å². The predicted octanol–water partition coefficient (Wildman–Crippen LogP) is 3.66. The van der Waals surface area contributed by atoms with Gasteiger partial charge in [-0.15, -0.1) is 0 Å². The third kappa shape index (κ3) is 4.69. The van der Waals surface area contributed by atoms with E-state index in [4.69, 9.17) is 0 Å². The number of carbonyl (C=O) groups is 2. The number of hydrogen-bond acceptors (Lipinski definition) is 2. The second kappa shape index (κ2) is 8.29. The van der Waals surface area contributed by atoms with Gasteiger partial charge in [0.05, 0.1) is 0 Å². The van der Waals surface area contributed by atoms with Crippen LogP contribution in [0.5, 0.6) is 0 Å². The van der Waals surface area contributed by atoms with E-state index in [1.807, 2.05) is 31.2 Å². The summed E-state index contributed by atoms with van der Waals surface area (Å²) in [5.41, 5.74) is 3.35. The minimum Gasteiger partial charge on any atom is -0.345 e. The van der Waals surface area contributed by atoms with E-state index in [-0.39, 0.29) is 11.8 Å². The first kappa shape index (κ1) is 17.7. The van der Waals surface area contributed by atoms with Gasteiger partial charge in [0.1, 0.15) is 0 Å². The quantitative estimate of drug-likeness (QED) is 0.881. The van der Waals surface area contributed by atoms with E-state index in [0.717, 1.165) is 18.4 Å². The SMILES string of the molecule is Cc1c(NC(=O)CCCc2ccccc2)cccc1C(=O)N(C)C. The van der Waals surface area contributed by atoms with Gasteiger partial charge in [-0.25, -0.2) is 0 Å². The van der Waals surface area contributed by atoms with Crippen LogP contribution in [0.4, 0.5) is 5.69 Å². The molecule has 2 aromatic rings. The molecule has 0 radical (unpaired) electrons. The summed E-state index contributed by atoms with van der Waals surface area (Å²) >= 11 is 0. The second-order valence-corrected chi connectivity index (χ2v) is 6.07. The van der Waals surface area contributed by atoms with Crippen LogP contribution in [0.15, 0.2) is 48.5 Å². The van der Waals surface area contributed by atoms with Crippen molar-refractivity contribution in [1.29, 1.82) is 0 Å². The van der Waals surface area contributed by atoms with Gasteiger partial charge in [-0.2, -0.15) is 0 Å². The number of nitrogens with zero attached hydrogens (tertiary/aromatic N) is 1. The summed E-state index contributed by atoms with van der Waals surface area (Å²) in [5.74, 6) is -0.0869. The number of aryl methyl sites for hydroxylation is 1. The zero-order valence-corrected chi connectivity index (χ0v) is 14.5. The lowest BCUT2D eigenvalue weighted by molar-refractivity contribution is -0.116. The Hall–Kier alpha value is -2.62. The molecular formula is C20H24N2O2. The van der Waals surface area contributed by atoms with Gasteiger partial charge in [-0.1, -0.05) is 36.4 Å². The van der Waals surface area contributed by atoms with Gasteiger partial charge < -0.3 is 10.2 Å². The minimum atomic E-state index is -0.0623. The Labute approximate surface area is 143 Å². The van der Waals surface area contributed by atoms with Gasteiger partial charge in [0.25, 0.3) is 5.91 Å². The van der Waals surface area contributed by atoms with Crippen LogP contribution in [0, 0.1) is 6.92 Å². The molecule has 2 rings (SSSR count). The lowest BCUT2D eigenvalue weighted by atomic mass is 10.0. The molecule has 2 aromatic carbocycles. The maximum absolute atomic E-state index is 12.2. The first-order valence-electron chi connectivity index (χ1n) is 8.14. The number of anilines is 1. The largest absolute Gasteiger partial charge is 0.345 e. The molecule has 0 fully saturated rings. The summed E-state index contributed by atoms with van der Waals surface area (Å²) in [6.07, 6.45) is 2.14. The molecular weight excluding hydrogens is 300 g/mol. The zero-order chi connectivity index (χ0) is 17.5. The highest BCUT2D eigenvalue weighted by Crippen LogP contribution is 2.20. The van der Waals surface area contributed by atoms with Gasteiger partial charge >= 0.3 is 0 Å². The monoisotopic (exact) mass is 324 g/mol. The van der Waals surface area contributed by atoms with Gasteiger partial charge in [-0.3, -0.25) is 9.59 Å². The summed E-state index contributed by atoms with van der Waals surface area (Å²) in [6.45, 7) is 1.86. The average molecular weight is 324 g/mol.